The summed E-state index contributed by atoms with van der Waals surface area (Å²) < 4.78 is 0. The molecule has 4 rings (SSSR count). The maximum Gasteiger partial charge on any atom is 0.186 e. The smallest absolute Gasteiger partial charge is 0.186 e. The summed E-state index contributed by atoms with van der Waals surface area (Å²) in [7, 11) is 0. The van der Waals surface area contributed by atoms with Gasteiger partial charge in [-0.25, -0.2) is 0 Å². The van der Waals surface area contributed by atoms with Crippen molar-refractivity contribution in [3.05, 3.63) is 119 Å². The first-order chi connectivity index (χ1) is 12.3. The standard InChI is InChI=1S/C24H18O.Pd/c25-24-21(16-18-10-4-1-5-11-18)23(20-14-8-3-9-15-20)22(24)17-19-12-6-2-7-13-19;/h1-17,23H;. The zero-order valence-electron chi connectivity index (χ0n) is 14.1. The average molecular weight is 429 g/mol. The fourth-order valence-corrected chi connectivity index (χ4v) is 3.28. The molecule has 0 unspecified atom stereocenters. The minimum atomic E-state index is 0. The summed E-state index contributed by atoms with van der Waals surface area (Å²) >= 11 is 0. The van der Waals surface area contributed by atoms with E-state index in [0.29, 0.717) is 0 Å². The van der Waals surface area contributed by atoms with Crippen molar-refractivity contribution < 1.29 is 25.2 Å². The van der Waals surface area contributed by atoms with Gasteiger partial charge in [0, 0.05) is 37.5 Å². The number of rotatable bonds is 3. The van der Waals surface area contributed by atoms with Crippen molar-refractivity contribution in [3.63, 3.8) is 0 Å². The summed E-state index contributed by atoms with van der Waals surface area (Å²) in [6, 6.07) is 30.3. The first-order valence-corrected chi connectivity index (χ1v) is 8.46. The third kappa shape index (κ3) is 3.68. The molecule has 1 nitrogen and oxygen atoms in total. The van der Waals surface area contributed by atoms with Gasteiger partial charge in [-0.1, -0.05) is 91.0 Å². The molecule has 0 aromatic heterocycles. The summed E-state index contributed by atoms with van der Waals surface area (Å²) in [4.78, 5) is 12.8. The van der Waals surface area contributed by atoms with Gasteiger partial charge < -0.3 is 0 Å². The topological polar surface area (TPSA) is 17.1 Å². The number of benzene rings is 3. The van der Waals surface area contributed by atoms with Crippen LogP contribution in [-0.2, 0) is 25.2 Å². The van der Waals surface area contributed by atoms with Gasteiger partial charge in [0.2, 0.25) is 0 Å². The van der Waals surface area contributed by atoms with Gasteiger partial charge in [-0.2, -0.15) is 0 Å². The maximum atomic E-state index is 12.8. The summed E-state index contributed by atoms with van der Waals surface area (Å²) in [5, 5.41) is 0. The zero-order valence-corrected chi connectivity index (χ0v) is 15.7. The quantitative estimate of drug-likeness (QED) is 0.396. The van der Waals surface area contributed by atoms with E-state index in [9.17, 15) is 4.79 Å². The molecule has 0 radical (unpaired) electrons. The molecular weight excluding hydrogens is 411 g/mol. The van der Waals surface area contributed by atoms with Gasteiger partial charge >= 0.3 is 0 Å². The van der Waals surface area contributed by atoms with E-state index in [4.69, 9.17) is 0 Å². The zero-order chi connectivity index (χ0) is 17.1. The summed E-state index contributed by atoms with van der Waals surface area (Å²) in [6.07, 6.45) is 4.03. The second kappa shape index (κ2) is 8.23. The molecule has 26 heavy (non-hydrogen) atoms. The van der Waals surface area contributed by atoms with Gasteiger partial charge in [0.1, 0.15) is 0 Å². The second-order valence-corrected chi connectivity index (χ2v) is 6.19. The first-order valence-electron chi connectivity index (χ1n) is 8.46. The van der Waals surface area contributed by atoms with Crippen molar-refractivity contribution in [2.24, 2.45) is 0 Å². The van der Waals surface area contributed by atoms with Crippen LogP contribution in [-0.4, -0.2) is 5.78 Å². The van der Waals surface area contributed by atoms with Crippen molar-refractivity contribution in [1.29, 1.82) is 0 Å². The molecule has 1 fully saturated rings. The van der Waals surface area contributed by atoms with Crippen molar-refractivity contribution in [2.45, 2.75) is 5.92 Å². The predicted octanol–water partition coefficient (Wildman–Crippen LogP) is 5.52. The average Bonchev–Trinajstić information content (AvgIpc) is 2.69. The Kier molecular flexibility index (Phi) is 5.79. The molecule has 3 aromatic carbocycles. The van der Waals surface area contributed by atoms with Crippen LogP contribution in [0.25, 0.3) is 12.2 Å². The molecule has 1 aliphatic carbocycles. The predicted molar refractivity (Wildman–Crippen MR) is 103 cm³/mol. The number of carbonyl (C=O) groups excluding carboxylic acids is 1. The monoisotopic (exact) mass is 428 g/mol. The minimum Gasteiger partial charge on any atom is -0.289 e. The number of ketones is 1. The third-order valence-corrected chi connectivity index (χ3v) is 4.52. The van der Waals surface area contributed by atoms with E-state index in [-0.39, 0.29) is 32.1 Å². The van der Waals surface area contributed by atoms with Gasteiger partial charge in [-0.05, 0) is 28.8 Å². The van der Waals surface area contributed by atoms with Crippen LogP contribution < -0.4 is 0 Å². The van der Waals surface area contributed by atoms with Crippen LogP contribution in [0, 0.1) is 0 Å². The molecule has 0 N–H and O–H groups in total. The van der Waals surface area contributed by atoms with Gasteiger partial charge in [-0.3, -0.25) is 4.79 Å². The molecule has 0 heterocycles. The van der Waals surface area contributed by atoms with E-state index in [1.54, 1.807) is 0 Å². The van der Waals surface area contributed by atoms with Gasteiger partial charge in [0.05, 0.1) is 0 Å². The Hall–Kier alpha value is -2.53. The molecule has 1 aliphatic rings. The van der Waals surface area contributed by atoms with E-state index in [1.807, 2.05) is 91.0 Å². The van der Waals surface area contributed by atoms with E-state index >= 15 is 0 Å². The Morgan fingerprint density at radius 2 is 0.962 bits per heavy atom. The molecule has 1 saturated carbocycles. The molecule has 0 aliphatic heterocycles. The molecule has 0 amide bonds. The van der Waals surface area contributed by atoms with Gasteiger partial charge in [0.25, 0.3) is 0 Å². The first kappa shape index (κ1) is 18.3. The van der Waals surface area contributed by atoms with E-state index in [0.717, 1.165) is 27.8 Å². The number of allylic oxidation sites excluding steroid dienone is 2. The van der Waals surface area contributed by atoms with Crippen molar-refractivity contribution in [2.75, 3.05) is 0 Å². The van der Waals surface area contributed by atoms with Gasteiger partial charge in [0.15, 0.2) is 5.78 Å². The Labute approximate surface area is 167 Å². The molecule has 0 atom stereocenters. The number of hydrogen-bond acceptors (Lipinski definition) is 1. The van der Waals surface area contributed by atoms with Crippen LogP contribution in [0.3, 0.4) is 0 Å². The molecule has 130 valence electrons. The van der Waals surface area contributed by atoms with E-state index in [2.05, 4.69) is 12.1 Å². The van der Waals surface area contributed by atoms with Crippen LogP contribution in [0.2, 0.25) is 0 Å². The Morgan fingerprint density at radius 1 is 0.577 bits per heavy atom. The Bertz CT molecular complexity index is 882. The Balaban J connectivity index is 0.00000196. The number of Topliss-reactive ketones (excluding diaryl/α,β-unsaturated/α-hetero) is 1. The van der Waals surface area contributed by atoms with Crippen molar-refractivity contribution in [3.8, 4) is 0 Å². The maximum absolute atomic E-state index is 12.8. The molecule has 0 bridgehead atoms. The molecular formula is C24H18OPd. The van der Waals surface area contributed by atoms with Crippen LogP contribution in [0.15, 0.2) is 102 Å². The molecule has 0 spiro atoms. The van der Waals surface area contributed by atoms with Crippen molar-refractivity contribution in [1.82, 2.24) is 0 Å². The van der Waals surface area contributed by atoms with Crippen LogP contribution in [0.1, 0.15) is 22.6 Å². The fourth-order valence-electron chi connectivity index (χ4n) is 3.28. The minimum absolute atomic E-state index is 0. The SMILES string of the molecule is O=C1C(=Cc2ccccc2)C(c2ccccc2)C1=Cc1ccccc1.[Pd]. The van der Waals surface area contributed by atoms with Crippen LogP contribution in [0.5, 0.6) is 0 Å². The van der Waals surface area contributed by atoms with E-state index in [1.165, 1.54) is 0 Å². The molecule has 2 heteroatoms. The fraction of sp³-hybridized carbons (Fsp3) is 0.0417. The van der Waals surface area contributed by atoms with Crippen molar-refractivity contribution >= 4 is 17.9 Å². The normalized spacial score (nSPS) is 19.1. The molecule has 3 aromatic rings. The summed E-state index contributed by atoms with van der Waals surface area (Å²) in [5.41, 5.74) is 5.00. The number of carbonyl (C=O) groups is 1. The number of hydrogen-bond donors (Lipinski definition) is 0. The van der Waals surface area contributed by atoms with Gasteiger partial charge in [-0.15, -0.1) is 0 Å². The van der Waals surface area contributed by atoms with Crippen LogP contribution >= 0.6 is 0 Å². The Morgan fingerprint density at radius 3 is 1.38 bits per heavy atom. The van der Waals surface area contributed by atoms with Crippen LogP contribution in [0.4, 0.5) is 0 Å². The largest absolute Gasteiger partial charge is 0.289 e. The second-order valence-electron chi connectivity index (χ2n) is 6.19. The van der Waals surface area contributed by atoms with E-state index < -0.39 is 0 Å². The summed E-state index contributed by atoms with van der Waals surface area (Å²) in [6.45, 7) is 0. The molecule has 0 saturated heterocycles. The third-order valence-electron chi connectivity index (χ3n) is 4.52. The summed E-state index contributed by atoms with van der Waals surface area (Å²) in [5.74, 6) is 0.177.